The van der Waals surface area contributed by atoms with Crippen LogP contribution in [-0.2, 0) is 11.3 Å². The Morgan fingerprint density at radius 2 is 2.22 bits per heavy atom. The number of nitrogens with zero attached hydrogens (tertiary/aromatic N) is 5. The standard InChI is InChI=1S/C17H23N5O4S/c1-4-25-17-19-13-12(22(17)9-11-18-8-10(2)27-11)14(24)21(6-5-7-23)16-15(26-16)20(13)3/h8,15-16,23H,4-7,9H2,1-3H3. The highest BCUT2D eigenvalue weighted by Crippen LogP contribution is 2.40. The van der Waals surface area contributed by atoms with Crippen LogP contribution in [0, 0.1) is 6.92 Å². The van der Waals surface area contributed by atoms with Crippen molar-refractivity contribution < 1.29 is 19.4 Å². The molecule has 0 bridgehead atoms. The fourth-order valence-electron chi connectivity index (χ4n) is 3.32. The molecule has 2 aliphatic rings. The molecule has 10 heteroatoms. The molecule has 0 saturated carbocycles. The molecule has 27 heavy (non-hydrogen) atoms. The van der Waals surface area contributed by atoms with Crippen LogP contribution in [0.4, 0.5) is 5.82 Å². The SMILES string of the molecule is CCOc1nc2c(n1Cc1ncc(C)s1)C(=O)N(CCCO)C1OC1N2C. The summed E-state index contributed by atoms with van der Waals surface area (Å²) in [5.74, 6) is 0.387. The Bertz CT molecular complexity index is 850. The molecule has 2 aromatic rings. The number of carbonyl (C=O) groups excluding carboxylic acids is 1. The number of anilines is 1. The van der Waals surface area contributed by atoms with Gasteiger partial charge in [0.1, 0.15) is 5.01 Å². The number of carbonyl (C=O) groups is 1. The van der Waals surface area contributed by atoms with Crippen molar-refractivity contribution in [3.05, 3.63) is 21.8 Å². The van der Waals surface area contributed by atoms with E-state index in [0.29, 0.717) is 43.6 Å². The number of thiazole rings is 1. The maximum Gasteiger partial charge on any atom is 0.299 e. The van der Waals surface area contributed by atoms with Crippen LogP contribution >= 0.6 is 11.3 Å². The Labute approximate surface area is 161 Å². The van der Waals surface area contributed by atoms with Crippen LogP contribution in [0.25, 0.3) is 0 Å². The van der Waals surface area contributed by atoms with Crippen LogP contribution in [-0.4, -0.2) is 69.7 Å². The normalized spacial score (nSPS) is 21.1. The van der Waals surface area contributed by atoms with E-state index in [1.807, 2.05) is 32.0 Å². The zero-order valence-electron chi connectivity index (χ0n) is 15.6. The van der Waals surface area contributed by atoms with E-state index in [0.717, 1.165) is 9.88 Å². The number of rotatable bonds is 7. The molecule has 0 spiro atoms. The third-order valence-electron chi connectivity index (χ3n) is 4.64. The molecule has 2 aliphatic heterocycles. The predicted molar refractivity (Wildman–Crippen MR) is 99.2 cm³/mol. The lowest BCUT2D eigenvalue weighted by molar-refractivity contribution is 0.0644. The minimum absolute atomic E-state index is 0.0196. The number of epoxide rings is 1. The molecule has 146 valence electrons. The van der Waals surface area contributed by atoms with Crippen molar-refractivity contribution in [1.29, 1.82) is 0 Å². The number of ether oxygens (including phenoxy) is 2. The van der Waals surface area contributed by atoms with E-state index in [4.69, 9.17) is 9.47 Å². The molecule has 9 nitrogen and oxygen atoms in total. The highest BCUT2D eigenvalue weighted by Gasteiger charge is 2.53. The highest BCUT2D eigenvalue weighted by atomic mass is 32.1. The van der Waals surface area contributed by atoms with Gasteiger partial charge in [0.15, 0.2) is 24.0 Å². The second-order valence-electron chi connectivity index (χ2n) is 6.55. The van der Waals surface area contributed by atoms with Crippen molar-refractivity contribution >= 4 is 23.1 Å². The fraction of sp³-hybridized carbons (Fsp3) is 0.588. The number of aryl methyl sites for hydroxylation is 1. The van der Waals surface area contributed by atoms with Crippen LogP contribution in [0.1, 0.15) is 33.7 Å². The topological polar surface area (TPSA) is 96.2 Å². The molecule has 4 heterocycles. The van der Waals surface area contributed by atoms with E-state index >= 15 is 0 Å². The lowest BCUT2D eigenvalue weighted by Gasteiger charge is -2.20. The molecular formula is C17H23N5O4S. The van der Waals surface area contributed by atoms with Crippen molar-refractivity contribution in [3.63, 3.8) is 0 Å². The maximum atomic E-state index is 13.4. The Morgan fingerprint density at radius 1 is 1.41 bits per heavy atom. The smallest absolute Gasteiger partial charge is 0.299 e. The van der Waals surface area contributed by atoms with Crippen LogP contribution < -0.4 is 9.64 Å². The molecule has 2 unspecified atom stereocenters. The Hall–Kier alpha value is -2.17. The summed E-state index contributed by atoms with van der Waals surface area (Å²) in [5, 5.41) is 10.1. The number of aromatic nitrogens is 3. The molecule has 1 fully saturated rings. The summed E-state index contributed by atoms with van der Waals surface area (Å²) in [4.78, 5) is 27.0. The first-order valence-electron chi connectivity index (χ1n) is 8.99. The minimum Gasteiger partial charge on any atom is -0.465 e. The van der Waals surface area contributed by atoms with Gasteiger partial charge in [-0.15, -0.1) is 11.3 Å². The second-order valence-corrected chi connectivity index (χ2v) is 7.87. The largest absolute Gasteiger partial charge is 0.465 e. The predicted octanol–water partition coefficient (Wildman–Crippen LogP) is 1.05. The number of hydrogen-bond acceptors (Lipinski definition) is 8. The molecule has 2 atom stereocenters. The molecule has 1 saturated heterocycles. The van der Waals surface area contributed by atoms with E-state index in [9.17, 15) is 9.90 Å². The molecule has 4 rings (SSSR count). The zero-order chi connectivity index (χ0) is 19.1. The van der Waals surface area contributed by atoms with Crippen LogP contribution in [0.3, 0.4) is 0 Å². The first kappa shape index (κ1) is 18.2. The number of hydrogen-bond donors (Lipinski definition) is 1. The summed E-state index contributed by atoms with van der Waals surface area (Å²) < 4.78 is 13.2. The molecule has 1 N–H and O–H groups in total. The van der Waals surface area contributed by atoms with Crippen LogP contribution in [0.15, 0.2) is 6.20 Å². The third-order valence-corrected chi connectivity index (χ3v) is 5.54. The summed E-state index contributed by atoms with van der Waals surface area (Å²) in [6, 6.07) is 0.400. The summed E-state index contributed by atoms with van der Waals surface area (Å²) in [6.07, 6.45) is 1.78. The van der Waals surface area contributed by atoms with Crippen LogP contribution in [0.5, 0.6) is 6.01 Å². The summed E-state index contributed by atoms with van der Waals surface area (Å²) >= 11 is 1.58. The maximum absolute atomic E-state index is 13.4. The van der Waals surface area contributed by atoms with Crippen molar-refractivity contribution in [2.75, 3.05) is 31.7 Å². The number of fused-ring (bicyclic) bond motifs is 2. The van der Waals surface area contributed by atoms with E-state index in [-0.39, 0.29) is 25.0 Å². The van der Waals surface area contributed by atoms with Gasteiger partial charge < -0.3 is 24.4 Å². The summed E-state index contributed by atoms with van der Waals surface area (Å²) in [5.41, 5.74) is 0.475. The van der Waals surface area contributed by atoms with Gasteiger partial charge in [-0.05, 0) is 20.3 Å². The highest BCUT2D eigenvalue weighted by molar-refractivity contribution is 7.11. The lowest BCUT2D eigenvalue weighted by Crippen LogP contribution is -2.37. The molecule has 0 radical (unpaired) electrons. The van der Waals surface area contributed by atoms with Gasteiger partial charge >= 0.3 is 0 Å². The monoisotopic (exact) mass is 393 g/mol. The number of imidazole rings is 1. The second kappa shape index (κ2) is 7.10. The first-order chi connectivity index (χ1) is 13.0. The Kier molecular flexibility index (Phi) is 4.79. The Balaban J connectivity index is 1.77. The average molecular weight is 393 g/mol. The molecule has 1 amide bonds. The van der Waals surface area contributed by atoms with Gasteiger partial charge in [0.25, 0.3) is 11.9 Å². The molecule has 0 aromatic carbocycles. The van der Waals surface area contributed by atoms with Crippen LogP contribution in [0.2, 0.25) is 0 Å². The number of aliphatic hydroxyl groups is 1. The van der Waals surface area contributed by atoms with Gasteiger partial charge in [-0.25, -0.2) is 4.98 Å². The number of aliphatic hydroxyl groups excluding tert-OH is 1. The fourth-order valence-corrected chi connectivity index (χ4v) is 4.10. The number of amides is 1. The van der Waals surface area contributed by atoms with Gasteiger partial charge in [-0.1, -0.05) is 0 Å². The quantitative estimate of drug-likeness (QED) is 0.703. The number of likely N-dealkylation sites (N-methyl/N-ethyl adjacent to an activating group) is 1. The van der Waals surface area contributed by atoms with E-state index < -0.39 is 0 Å². The van der Waals surface area contributed by atoms with Gasteiger partial charge in [0.2, 0.25) is 0 Å². The van der Waals surface area contributed by atoms with Gasteiger partial charge in [0, 0.05) is 31.3 Å². The van der Waals surface area contributed by atoms with Gasteiger partial charge in [-0.3, -0.25) is 9.36 Å². The van der Waals surface area contributed by atoms with E-state index in [1.54, 1.807) is 20.8 Å². The van der Waals surface area contributed by atoms with E-state index in [2.05, 4.69) is 9.97 Å². The molecule has 2 aromatic heterocycles. The van der Waals surface area contributed by atoms with Crippen molar-refractivity contribution in [3.8, 4) is 6.01 Å². The zero-order valence-corrected chi connectivity index (χ0v) is 16.4. The summed E-state index contributed by atoms with van der Waals surface area (Å²) in [7, 11) is 1.87. The third kappa shape index (κ3) is 3.17. The Morgan fingerprint density at radius 3 is 2.89 bits per heavy atom. The van der Waals surface area contributed by atoms with E-state index in [1.165, 1.54) is 0 Å². The summed E-state index contributed by atoms with van der Waals surface area (Å²) in [6.45, 7) is 5.19. The average Bonchev–Trinajstić information content (AvgIpc) is 3.22. The van der Waals surface area contributed by atoms with Crippen molar-refractivity contribution in [2.45, 2.75) is 39.3 Å². The molecular weight excluding hydrogens is 370 g/mol. The van der Waals surface area contributed by atoms with Gasteiger partial charge in [0.05, 0.1) is 13.2 Å². The van der Waals surface area contributed by atoms with Crippen molar-refractivity contribution in [2.24, 2.45) is 0 Å². The molecule has 0 aliphatic carbocycles. The van der Waals surface area contributed by atoms with Gasteiger partial charge in [-0.2, -0.15) is 4.98 Å². The first-order valence-corrected chi connectivity index (χ1v) is 9.81. The minimum atomic E-state index is -0.311. The van der Waals surface area contributed by atoms with Crippen molar-refractivity contribution in [1.82, 2.24) is 19.4 Å². The lowest BCUT2D eigenvalue weighted by atomic mass is 10.3.